The standard InChI is InChI=1S/C22H28N4O/c1-17-14-23-22(24-15-17)25-12-10-19-11-13-26(20(19)16-25)21(27)9-5-8-18-6-3-2-4-7-18/h2-4,6-7,14-15,19-20H,5,8-13,16H2,1H3. The molecule has 142 valence electrons. The zero-order valence-electron chi connectivity index (χ0n) is 16.1. The topological polar surface area (TPSA) is 49.3 Å². The molecule has 0 bridgehead atoms. The van der Waals surface area contributed by atoms with Crippen molar-refractivity contribution in [2.45, 2.75) is 45.1 Å². The maximum atomic E-state index is 12.9. The van der Waals surface area contributed by atoms with Crippen LogP contribution in [-0.2, 0) is 11.2 Å². The molecule has 2 aromatic rings. The third kappa shape index (κ3) is 4.12. The van der Waals surface area contributed by atoms with E-state index in [1.807, 2.05) is 25.4 Å². The van der Waals surface area contributed by atoms with E-state index in [2.05, 4.69) is 44.0 Å². The SMILES string of the molecule is Cc1cnc(N2CCC3CCN(C(=O)CCCc4ccccc4)C3C2)nc1. The Morgan fingerprint density at radius 2 is 1.85 bits per heavy atom. The maximum absolute atomic E-state index is 12.9. The summed E-state index contributed by atoms with van der Waals surface area (Å²) in [7, 11) is 0. The van der Waals surface area contributed by atoms with Crippen LogP contribution in [0, 0.1) is 12.8 Å². The summed E-state index contributed by atoms with van der Waals surface area (Å²) >= 11 is 0. The highest BCUT2D eigenvalue weighted by Gasteiger charge is 2.40. The summed E-state index contributed by atoms with van der Waals surface area (Å²) in [6, 6.07) is 10.7. The molecule has 0 radical (unpaired) electrons. The first-order valence-corrected chi connectivity index (χ1v) is 10.1. The predicted octanol–water partition coefficient (Wildman–Crippen LogP) is 3.24. The molecule has 5 heteroatoms. The van der Waals surface area contributed by atoms with Gasteiger partial charge < -0.3 is 9.80 Å². The first-order valence-electron chi connectivity index (χ1n) is 10.1. The lowest BCUT2D eigenvalue weighted by Gasteiger charge is -2.38. The van der Waals surface area contributed by atoms with Gasteiger partial charge in [-0.05, 0) is 49.7 Å². The number of aryl methyl sites for hydroxylation is 2. The van der Waals surface area contributed by atoms with Crippen molar-refractivity contribution in [3.05, 3.63) is 53.9 Å². The zero-order chi connectivity index (χ0) is 18.6. The number of fused-ring (bicyclic) bond motifs is 1. The van der Waals surface area contributed by atoms with Crippen molar-refractivity contribution in [1.29, 1.82) is 0 Å². The number of hydrogen-bond donors (Lipinski definition) is 0. The minimum atomic E-state index is 0.310. The Bertz CT molecular complexity index is 762. The van der Waals surface area contributed by atoms with Crippen LogP contribution in [0.5, 0.6) is 0 Å². The molecule has 4 rings (SSSR count). The van der Waals surface area contributed by atoms with Crippen molar-refractivity contribution in [3.63, 3.8) is 0 Å². The van der Waals surface area contributed by atoms with Gasteiger partial charge in [0.15, 0.2) is 0 Å². The second-order valence-electron chi connectivity index (χ2n) is 7.84. The molecule has 1 amide bonds. The fraction of sp³-hybridized carbons (Fsp3) is 0.500. The molecule has 3 heterocycles. The number of amides is 1. The Labute approximate surface area is 161 Å². The number of carbonyl (C=O) groups is 1. The van der Waals surface area contributed by atoms with E-state index in [4.69, 9.17) is 0 Å². The predicted molar refractivity (Wildman–Crippen MR) is 107 cm³/mol. The fourth-order valence-corrected chi connectivity index (χ4v) is 4.41. The highest BCUT2D eigenvalue weighted by molar-refractivity contribution is 5.77. The van der Waals surface area contributed by atoms with E-state index in [0.29, 0.717) is 24.3 Å². The van der Waals surface area contributed by atoms with Crippen LogP contribution in [0.25, 0.3) is 0 Å². The van der Waals surface area contributed by atoms with Gasteiger partial charge in [0.25, 0.3) is 0 Å². The van der Waals surface area contributed by atoms with Crippen molar-refractivity contribution < 1.29 is 4.79 Å². The quantitative estimate of drug-likeness (QED) is 0.817. The van der Waals surface area contributed by atoms with Gasteiger partial charge in [0.05, 0.1) is 6.04 Å². The van der Waals surface area contributed by atoms with Crippen LogP contribution in [0.1, 0.15) is 36.8 Å². The average molecular weight is 364 g/mol. The molecule has 1 aromatic carbocycles. The van der Waals surface area contributed by atoms with Crippen molar-refractivity contribution in [1.82, 2.24) is 14.9 Å². The van der Waals surface area contributed by atoms with Crippen LogP contribution < -0.4 is 4.90 Å². The van der Waals surface area contributed by atoms with E-state index in [0.717, 1.165) is 56.8 Å². The molecule has 2 aliphatic heterocycles. The van der Waals surface area contributed by atoms with Crippen molar-refractivity contribution in [3.8, 4) is 0 Å². The molecule has 2 saturated heterocycles. The van der Waals surface area contributed by atoms with Crippen LogP contribution in [0.3, 0.4) is 0 Å². The first-order chi connectivity index (χ1) is 13.2. The van der Waals surface area contributed by atoms with E-state index >= 15 is 0 Å². The Kier molecular flexibility index (Phi) is 5.37. The van der Waals surface area contributed by atoms with Crippen molar-refractivity contribution >= 4 is 11.9 Å². The molecular weight excluding hydrogens is 336 g/mol. The summed E-state index contributed by atoms with van der Waals surface area (Å²) in [5.41, 5.74) is 2.38. The Hall–Kier alpha value is -2.43. The van der Waals surface area contributed by atoms with Gasteiger partial charge in [-0.15, -0.1) is 0 Å². The number of likely N-dealkylation sites (tertiary alicyclic amines) is 1. The van der Waals surface area contributed by atoms with E-state index in [9.17, 15) is 4.79 Å². The second-order valence-corrected chi connectivity index (χ2v) is 7.84. The number of carbonyl (C=O) groups excluding carboxylic acids is 1. The Morgan fingerprint density at radius 1 is 1.11 bits per heavy atom. The van der Waals surface area contributed by atoms with E-state index in [-0.39, 0.29) is 0 Å². The molecule has 0 spiro atoms. The van der Waals surface area contributed by atoms with Gasteiger partial charge in [-0.1, -0.05) is 30.3 Å². The molecular formula is C22H28N4O. The molecule has 27 heavy (non-hydrogen) atoms. The number of rotatable bonds is 5. The molecule has 5 nitrogen and oxygen atoms in total. The Balaban J connectivity index is 1.34. The molecule has 2 fully saturated rings. The fourth-order valence-electron chi connectivity index (χ4n) is 4.41. The van der Waals surface area contributed by atoms with Crippen molar-refractivity contribution in [2.75, 3.05) is 24.5 Å². The molecule has 0 saturated carbocycles. The first kappa shape index (κ1) is 18.0. The lowest BCUT2D eigenvalue weighted by atomic mass is 9.92. The summed E-state index contributed by atoms with van der Waals surface area (Å²) < 4.78 is 0. The zero-order valence-corrected chi connectivity index (χ0v) is 16.1. The van der Waals surface area contributed by atoms with Crippen LogP contribution in [0.2, 0.25) is 0 Å². The van der Waals surface area contributed by atoms with Gasteiger partial charge in [0.2, 0.25) is 11.9 Å². The molecule has 0 aliphatic carbocycles. The number of aromatic nitrogens is 2. The van der Waals surface area contributed by atoms with E-state index in [1.165, 1.54) is 5.56 Å². The number of anilines is 1. The van der Waals surface area contributed by atoms with Gasteiger partial charge >= 0.3 is 0 Å². The third-order valence-electron chi connectivity index (χ3n) is 5.93. The van der Waals surface area contributed by atoms with E-state index < -0.39 is 0 Å². The lowest BCUT2D eigenvalue weighted by molar-refractivity contribution is -0.132. The van der Waals surface area contributed by atoms with Crippen LogP contribution >= 0.6 is 0 Å². The lowest BCUT2D eigenvalue weighted by Crippen LogP contribution is -2.50. The number of nitrogens with zero attached hydrogens (tertiary/aromatic N) is 4. The average Bonchev–Trinajstić information content (AvgIpc) is 3.12. The number of benzene rings is 1. The van der Waals surface area contributed by atoms with Crippen molar-refractivity contribution in [2.24, 2.45) is 5.92 Å². The highest BCUT2D eigenvalue weighted by Crippen LogP contribution is 2.33. The van der Waals surface area contributed by atoms with Gasteiger partial charge in [-0.3, -0.25) is 4.79 Å². The van der Waals surface area contributed by atoms with Crippen LogP contribution in [0.15, 0.2) is 42.7 Å². The minimum absolute atomic E-state index is 0.310. The summed E-state index contributed by atoms with van der Waals surface area (Å²) in [5, 5.41) is 0. The molecule has 2 atom stereocenters. The van der Waals surface area contributed by atoms with Gasteiger partial charge in [0.1, 0.15) is 0 Å². The summed E-state index contributed by atoms with van der Waals surface area (Å²) in [5.74, 6) is 1.73. The van der Waals surface area contributed by atoms with Gasteiger partial charge in [0, 0.05) is 38.4 Å². The number of hydrogen-bond acceptors (Lipinski definition) is 4. The largest absolute Gasteiger partial charge is 0.339 e. The summed E-state index contributed by atoms with van der Waals surface area (Å²) in [6.45, 7) is 4.75. The smallest absolute Gasteiger partial charge is 0.225 e. The van der Waals surface area contributed by atoms with Crippen LogP contribution in [0.4, 0.5) is 5.95 Å². The van der Waals surface area contributed by atoms with E-state index in [1.54, 1.807) is 0 Å². The molecule has 2 unspecified atom stereocenters. The Morgan fingerprint density at radius 3 is 2.63 bits per heavy atom. The molecule has 1 aromatic heterocycles. The summed E-state index contributed by atoms with van der Waals surface area (Å²) in [6.07, 6.45) is 8.52. The number of piperidine rings is 1. The monoisotopic (exact) mass is 364 g/mol. The normalized spacial score (nSPS) is 22.0. The summed E-state index contributed by atoms with van der Waals surface area (Å²) in [4.78, 5) is 26.2. The third-order valence-corrected chi connectivity index (χ3v) is 5.93. The van der Waals surface area contributed by atoms with Gasteiger partial charge in [-0.25, -0.2) is 9.97 Å². The highest BCUT2D eigenvalue weighted by atomic mass is 16.2. The molecule has 2 aliphatic rings. The second kappa shape index (κ2) is 8.07. The molecule has 0 N–H and O–H groups in total. The maximum Gasteiger partial charge on any atom is 0.225 e. The minimum Gasteiger partial charge on any atom is -0.339 e. The van der Waals surface area contributed by atoms with Gasteiger partial charge in [-0.2, -0.15) is 0 Å². The van der Waals surface area contributed by atoms with Crippen LogP contribution in [-0.4, -0.2) is 46.5 Å².